The molecule has 0 saturated heterocycles. The highest BCUT2D eigenvalue weighted by molar-refractivity contribution is 6.30. The maximum atomic E-state index is 14.0. The summed E-state index contributed by atoms with van der Waals surface area (Å²) in [4.78, 5) is 13.4. The van der Waals surface area contributed by atoms with E-state index in [1.54, 1.807) is 36.6 Å². The van der Waals surface area contributed by atoms with E-state index in [2.05, 4.69) is 6.58 Å². The van der Waals surface area contributed by atoms with E-state index in [1.165, 1.54) is 13.0 Å². The number of carbonyl (C=O) groups is 1. The van der Waals surface area contributed by atoms with Crippen molar-refractivity contribution in [3.05, 3.63) is 88.1 Å². The van der Waals surface area contributed by atoms with E-state index in [0.717, 1.165) is 11.3 Å². The minimum atomic E-state index is -0.449. The number of carbonyl (C=O) groups excluding carboxylic acids is 1. The molecule has 0 saturated carbocycles. The highest BCUT2D eigenvalue weighted by Crippen LogP contribution is 2.26. The third-order valence-electron chi connectivity index (χ3n) is 4.06. The normalized spacial score (nSPS) is 15.3. The minimum Gasteiger partial charge on any atom is -0.330 e. The molecule has 0 aliphatic carbocycles. The van der Waals surface area contributed by atoms with Crippen LogP contribution in [0.5, 0.6) is 0 Å². The maximum Gasteiger partial charge on any atom is 0.159 e. The van der Waals surface area contributed by atoms with Crippen LogP contribution in [0.25, 0.3) is 6.08 Å². The van der Waals surface area contributed by atoms with Crippen LogP contribution in [0.1, 0.15) is 25.8 Å². The largest absolute Gasteiger partial charge is 0.330 e. The van der Waals surface area contributed by atoms with Crippen molar-refractivity contribution in [1.29, 1.82) is 0 Å². The summed E-state index contributed by atoms with van der Waals surface area (Å²) in [5.74, 6) is -0.464. The summed E-state index contributed by atoms with van der Waals surface area (Å²) >= 11 is 5.82. The third kappa shape index (κ3) is 4.59. The third-order valence-corrected chi connectivity index (χ3v) is 4.35. The average molecular weight is 373 g/mol. The molecular formula is C21H22ClFN2O. The van der Waals surface area contributed by atoms with E-state index in [-0.39, 0.29) is 10.8 Å². The molecular weight excluding hydrogens is 351 g/mol. The molecule has 0 amide bonds. The van der Waals surface area contributed by atoms with E-state index in [0.29, 0.717) is 29.8 Å². The topological polar surface area (TPSA) is 46.3 Å². The van der Waals surface area contributed by atoms with Crippen molar-refractivity contribution >= 4 is 23.5 Å². The van der Waals surface area contributed by atoms with E-state index < -0.39 is 5.82 Å². The molecule has 2 N–H and O–H groups in total. The highest BCUT2D eigenvalue weighted by Gasteiger charge is 2.16. The average Bonchev–Trinajstić information content (AvgIpc) is 2.61. The predicted molar refractivity (Wildman–Crippen MR) is 106 cm³/mol. The lowest BCUT2D eigenvalue weighted by Gasteiger charge is -2.28. The lowest BCUT2D eigenvalue weighted by molar-refractivity contribution is -0.113. The molecule has 1 heterocycles. The number of Topliss-reactive ketones (excluding diaryl/α,β-unsaturated/α-hetero) is 1. The molecule has 0 atom stereocenters. The Balaban J connectivity index is 2.34. The standard InChI is InChI=1S/C21H22ClFN2O/c1-14(7-8-17-5-4-6-19(22)21(17)23)20(9-11-24)25-12-10-18(16(3)26)13-15(25)2/h4-8,10,12-13H,2,9,11,24H2,1,3H3/b8-7+,20-14+. The Bertz CT molecular complexity index is 850. The van der Waals surface area contributed by atoms with Gasteiger partial charge in [0.05, 0.1) is 5.02 Å². The number of rotatable bonds is 6. The molecule has 136 valence electrons. The van der Waals surface area contributed by atoms with Crippen LogP contribution in [-0.4, -0.2) is 17.2 Å². The summed E-state index contributed by atoms with van der Waals surface area (Å²) in [6, 6.07) is 4.88. The van der Waals surface area contributed by atoms with Crippen LogP contribution in [-0.2, 0) is 4.79 Å². The molecule has 0 fully saturated rings. The fraction of sp³-hybridized carbons (Fsp3) is 0.190. The van der Waals surface area contributed by atoms with Crippen LogP contribution in [0.2, 0.25) is 5.02 Å². The van der Waals surface area contributed by atoms with Crippen LogP contribution in [0.3, 0.4) is 0 Å². The van der Waals surface area contributed by atoms with Crippen LogP contribution in [0.15, 0.2) is 71.7 Å². The van der Waals surface area contributed by atoms with Gasteiger partial charge in [-0.1, -0.05) is 42.5 Å². The molecule has 2 rings (SSSR count). The van der Waals surface area contributed by atoms with Crippen LogP contribution >= 0.6 is 11.6 Å². The fourth-order valence-electron chi connectivity index (χ4n) is 2.63. The Morgan fingerprint density at radius 1 is 1.38 bits per heavy atom. The number of nitrogens with two attached hydrogens (primary N) is 1. The molecule has 1 aromatic carbocycles. The molecule has 1 aliphatic rings. The number of hydrogen-bond donors (Lipinski definition) is 1. The summed E-state index contributed by atoms with van der Waals surface area (Å²) in [6.07, 6.45) is 9.42. The number of ketones is 1. The van der Waals surface area contributed by atoms with Crippen LogP contribution in [0, 0.1) is 5.82 Å². The van der Waals surface area contributed by atoms with Gasteiger partial charge in [-0.25, -0.2) is 4.39 Å². The maximum absolute atomic E-state index is 14.0. The number of hydrogen-bond acceptors (Lipinski definition) is 3. The van der Waals surface area contributed by atoms with E-state index in [9.17, 15) is 9.18 Å². The summed E-state index contributed by atoms with van der Waals surface area (Å²) in [5, 5.41) is 0.0882. The number of nitrogens with zero attached hydrogens (tertiary/aromatic N) is 1. The predicted octanol–water partition coefficient (Wildman–Crippen LogP) is 4.97. The Hall–Kier alpha value is -2.43. The zero-order chi connectivity index (χ0) is 19.3. The molecule has 0 aromatic heterocycles. The van der Waals surface area contributed by atoms with Gasteiger partial charge in [0.1, 0.15) is 5.82 Å². The van der Waals surface area contributed by atoms with Gasteiger partial charge in [0.25, 0.3) is 0 Å². The highest BCUT2D eigenvalue weighted by atomic mass is 35.5. The molecule has 5 heteroatoms. The molecule has 3 nitrogen and oxygen atoms in total. The lowest BCUT2D eigenvalue weighted by Crippen LogP contribution is -2.21. The Kier molecular flexibility index (Phi) is 6.72. The van der Waals surface area contributed by atoms with E-state index >= 15 is 0 Å². The zero-order valence-corrected chi connectivity index (χ0v) is 15.7. The molecule has 0 unspecified atom stereocenters. The van der Waals surface area contributed by atoms with E-state index in [4.69, 9.17) is 17.3 Å². The molecule has 1 aromatic rings. The first kappa shape index (κ1) is 19.9. The molecule has 1 aliphatic heterocycles. The van der Waals surface area contributed by atoms with Crippen LogP contribution < -0.4 is 5.73 Å². The van der Waals surface area contributed by atoms with Crippen molar-refractivity contribution in [2.24, 2.45) is 5.73 Å². The Labute approximate surface area is 158 Å². The van der Waals surface area contributed by atoms with Crippen molar-refractivity contribution in [1.82, 2.24) is 4.90 Å². The Morgan fingerprint density at radius 3 is 2.73 bits per heavy atom. The van der Waals surface area contributed by atoms with Gasteiger partial charge in [0, 0.05) is 35.2 Å². The number of benzene rings is 1. The van der Waals surface area contributed by atoms with Crippen molar-refractivity contribution in [3.8, 4) is 0 Å². The summed E-state index contributed by atoms with van der Waals surface area (Å²) in [7, 11) is 0. The van der Waals surface area contributed by atoms with Crippen molar-refractivity contribution in [2.75, 3.05) is 6.54 Å². The number of halogens is 2. The van der Waals surface area contributed by atoms with Crippen molar-refractivity contribution < 1.29 is 9.18 Å². The van der Waals surface area contributed by atoms with Gasteiger partial charge in [-0.3, -0.25) is 4.79 Å². The SMILES string of the molecule is C=C1C=C(C(C)=O)C=CN1/C(CCN)=C(C)/C=C/c1cccc(Cl)c1F. The monoisotopic (exact) mass is 372 g/mol. The first-order chi connectivity index (χ1) is 12.3. The van der Waals surface area contributed by atoms with E-state index in [1.807, 2.05) is 17.9 Å². The molecule has 0 spiro atoms. The lowest BCUT2D eigenvalue weighted by atomic mass is 10.0. The van der Waals surface area contributed by atoms with Gasteiger partial charge in [-0.05, 0) is 44.2 Å². The Morgan fingerprint density at radius 2 is 2.12 bits per heavy atom. The van der Waals surface area contributed by atoms with Gasteiger partial charge in [0.2, 0.25) is 0 Å². The van der Waals surface area contributed by atoms with Crippen LogP contribution in [0.4, 0.5) is 4.39 Å². The van der Waals surface area contributed by atoms with Gasteiger partial charge in [0.15, 0.2) is 5.78 Å². The van der Waals surface area contributed by atoms with Gasteiger partial charge in [-0.15, -0.1) is 0 Å². The number of allylic oxidation sites excluding steroid dienone is 5. The van der Waals surface area contributed by atoms with Crippen molar-refractivity contribution in [2.45, 2.75) is 20.3 Å². The first-order valence-electron chi connectivity index (χ1n) is 8.26. The summed E-state index contributed by atoms with van der Waals surface area (Å²) < 4.78 is 14.0. The second-order valence-corrected chi connectivity index (χ2v) is 6.38. The molecule has 26 heavy (non-hydrogen) atoms. The van der Waals surface area contributed by atoms with Gasteiger partial charge >= 0.3 is 0 Å². The van der Waals surface area contributed by atoms with Gasteiger partial charge in [-0.2, -0.15) is 0 Å². The summed E-state index contributed by atoms with van der Waals surface area (Å²) in [6.45, 7) is 7.92. The molecule has 0 radical (unpaired) electrons. The fourth-order valence-corrected chi connectivity index (χ4v) is 2.82. The quantitative estimate of drug-likeness (QED) is 0.717. The second-order valence-electron chi connectivity index (χ2n) is 5.98. The first-order valence-corrected chi connectivity index (χ1v) is 8.63. The second kappa shape index (κ2) is 8.79. The van der Waals surface area contributed by atoms with Crippen molar-refractivity contribution in [3.63, 3.8) is 0 Å². The zero-order valence-electron chi connectivity index (χ0n) is 14.9. The smallest absolute Gasteiger partial charge is 0.159 e. The molecule has 0 bridgehead atoms. The van der Waals surface area contributed by atoms with Gasteiger partial charge < -0.3 is 10.6 Å². The summed E-state index contributed by atoms with van der Waals surface area (Å²) in [5.41, 5.74) is 9.31. The minimum absolute atomic E-state index is 0.0144.